The van der Waals surface area contributed by atoms with Gasteiger partial charge in [0, 0.05) is 22.6 Å². The molecule has 8 nitrogen and oxygen atoms in total. The second kappa shape index (κ2) is 11.4. The van der Waals surface area contributed by atoms with Gasteiger partial charge in [-0.3, -0.25) is 19.3 Å². The van der Waals surface area contributed by atoms with Gasteiger partial charge in [-0.25, -0.2) is 4.79 Å². The maximum atomic E-state index is 13.1. The Labute approximate surface area is 180 Å². The summed E-state index contributed by atoms with van der Waals surface area (Å²) >= 11 is 0. The van der Waals surface area contributed by atoms with E-state index in [9.17, 15) is 24.3 Å². The summed E-state index contributed by atoms with van der Waals surface area (Å²) in [5, 5.41) is 18.6. The number of imide groups is 1. The standard InChI is InChI=1S/C20H20N2O6S2/c21-15(19(25)26)11-29-30-12-16(20(27)28)22(17(23)13-7-3-1-4-8-13)18(24)14-9-5-2-6-10-14/h1-10,15-16H,11-12,21H2,(H,25,26)(H,27,28)/t15?,16-/m1/s1. The Hall–Kier alpha value is -2.82. The van der Waals surface area contributed by atoms with Gasteiger partial charge in [-0.2, -0.15) is 0 Å². The third-order valence-corrected chi connectivity index (χ3v) is 6.38. The topological polar surface area (TPSA) is 138 Å². The van der Waals surface area contributed by atoms with Crippen molar-refractivity contribution in [3.63, 3.8) is 0 Å². The number of carbonyl (C=O) groups excluding carboxylic acids is 2. The largest absolute Gasteiger partial charge is 0.480 e. The average Bonchev–Trinajstić information content (AvgIpc) is 2.75. The van der Waals surface area contributed by atoms with Crippen molar-refractivity contribution < 1.29 is 29.4 Å². The molecule has 2 rings (SSSR count). The molecule has 2 amide bonds. The maximum absolute atomic E-state index is 13.1. The molecule has 1 unspecified atom stereocenters. The lowest BCUT2D eigenvalue weighted by atomic mass is 10.1. The third-order valence-electron chi connectivity index (χ3n) is 3.95. The van der Waals surface area contributed by atoms with Crippen LogP contribution in [0.4, 0.5) is 0 Å². The maximum Gasteiger partial charge on any atom is 0.327 e. The summed E-state index contributed by atoms with van der Waals surface area (Å²) in [6.07, 6.45) is 0. The second-order valence-corrected chi connectivity index (χ2v) is 8.63. The number of rotatable bonds is 10. The van der Waals surface area contributed by atoms with Crippen molar-refractivity contribution in [3.05, 3.63) is 71.8 Å². The molecule has 0 saturated carbocycles. The van der Waals surface area contributed by atoms with Crippen LogP contribution >= 0.6 is 21.6 Å². The first-order valence-electron chi connectivity index (χ1n) is 8.76. The molecule has 0 saturated heterocycles. The summed E-state index contributed by atoms with van der Waals surface area (Å²) in [6.45, 7) is 0. The molecule has 158 valence electrons. The van der Waals surface area contributed by atoms with Crippen LogP contribution in [0.3, 0.4) is 0 Å². The Morgan fingerprint density at radius 1 is 0.767 bits per heavy atom. The van der Waals surface area contributed by atoms with Crippen LogP contribution in [0.15, 0.2) is 60.7 Å². The smallest absolute Gasteiger partial charge is 0.327 e. The van der Waals surface area contributed by atoms with Gasteiger partial charge in [0.05, 0.1) is 0 Å². The fourth-order valence-corrected chi connectivity index (χ4v) is 4.68. The van der Waals surface area contributed by atoms with Crippen LogP contribution in [0.5, 0.6) is 0 Å². The van der Waals surface area contributed by atoms with Gasteiger partial charge in [0.15, 0.2) is 0 Å². The zero-order valence-electron chi connectivity index (χ0n) is 15.7. The Morgan fingerprint density at radius 2 is 1.20 bits per heavy atom. The Bertz CT molecular complexity index is 843. The van der Waals surface area contributed by atoms with E-state index in [0.29, 0.717) is 0 Å². The number of amides is 2. The molecular formula is C20H20N2O6S2. The van der Waals surface area contributed by atoms with Crippen molar-refractivity contribution in [3.8, 4) is 0 Å². The molecule has 2 aromatic carbocycles. The summed E-state index contributed by atoms with van der Waals surface area (Å²) in [7, 11) is 2.10. The lowest BCUT2D eigenvalue weighted by molar-refractivity contribution is -0.141. The highest BCUT2D eigenvalue weighted by atomic mass is 33.1. The summed E-state index contributed by atoms with van der Waals surface area (Å²) in [5.74, 6) is -4.07. The molecule has 0 aliphatic carbocycles. The van der Waals surface area contributed by atoms with Gasteiger partial charge in [-0.15, -0.1) is 0 Å². The minimum atomic E-state index is -1.45. The van der Waals surface area contributed by atoms with Gasteiger partial charge in [-0.1, -0.05) is 58.0 Å². The number of benzene rings is 2. The van der Waals surface area contributed by atoms with E-state index in [2.05, 4.69) is 0 Å². The number of hydrogen-bond donors (Lipinski definition) is 3. The number of aliphatic carboxylic acids is 2. The first-order valence-corrected chi connectivity index (χ1v) is 11.2. The summed E-state index contributed by atoms with van der Waals surface area (Å²) in [5.41, 5.74) is 5.79. The van der Waals surface area contributed by atoms with Gasteiger partial charge < -0.3 is 15.9 Å². The SMILES string of the molecule is NC(CSSC[C@H](C(=O)O)N(C(=O)c1ccccc1)C(=O)c1ccccc1)C(=O)O. The van der Waals surface area contributed by atoms with Crippen LogP contribution in [0.1, 0.15) is 20.7 Å². The summed E-state index contributed by atoms with van der Waals surface area (Å²) in [4.78, 5) is 49.6. The number of carbonyl (C=O) groups is 4. The van der Waals surface area contributed by atoms with E-state index in [-0.39, 0.29) is 22.6 Å². The fraction of sp³-hybridized carbons (Fsp3) is 0.200. The first-order chi connectivity index (χ1) is 14.3. The first kappa shape index (κ1) is 23.5. The van der Waals surface area contributed by atoms with E-state index in [4.69, 9.17) is 10.8 Å². The van der Waals surface area contributed by atoms with E-state index in [1.165, 1.54) is 24.3 Å². The van der Waals surface area contributed by atoms with E-state index >= 15 is 0 Å². The molecular weight excluding hydrogens is 428 g/mol. The monoisotopic (exact) mass is 448 g/mol. The van der Waals surface area contributed by atoms with Crippen LogP contribution in [0.2, 0.25) is 0 Å². The van der Waals surface area contributed by atoms with Gasteiger partial charge >= 0.3 is 11.9 Å². The minimum absolute atomic E-state index is 0.0472. The van der Waals surface area contributed by atoms with E-state index in [1.54, 1.807) is 36.4 Å². The fourth-order valence-electron chi connectivity index (χ4n) is 2.38. The normalized spacial score (nSPS) is 12.6. The quantitative estimate of drug-likeness (QED) is 0.284. The molecule has 2 atom stereocenters. The van der Waals surface area contributed by atoms with E-state index in [1.807, 2.05) is 0 Å². The van der Waals surface area contributed by atoms with Crippen LogP contribution in [0, 0.1) is 0 Å². The van der Waals surface area contributed by atoms with Crippen molar-refractivity contribution in [2.24, 2.45) is 5.73 Å². The molecule has 0 fully saturated rings. The number of nitrogens with zero attached hydrogens (tertiary/aromatic N) is 1. The Balaban J connectivity index is 2.27. The number of carboxylic acids is 2. The van der Waals surface area contributed by atoms with Crippen LogP contribution in [-0.4, -0.2) is 62.5 Å². The minimum Gasteiger partial charge on any atom is -0.480 e. The molecule has 0 radical (unpaired) electrons. The molecule has 4 N–H and O–H groups in total. The molecule has 10 heteroatoms. The molecule has 30 heavy (non-hydrogen) atoms. The number of carboxylic acid groups (broad SMARTS) is 2. The zero-order chi connectivity index (χ0) is 22.1. The summed E-state index contributed by atoms with van der Waals surface area (Å²) < 4.78 is 0. The highest BCUT2D eigenvalue weighted by Gasteiger charge is 2.36. The number of hydrogen-bond acceptors (Lipinski definition) is 7. The predicted molar refractivity (Wildman–Crippen MR) is 115 cm³/mol. The average molecular weight is 449 g/mol. The third kappa shape index (κ3) is 6.34. The van der Waals surface area contributed by atoms with Crippen LogP contribution in [-0.2, 0) is 9.59 Å². The molecule has 0 heterocycles. The van der Waals surface area contributed by atoms with Crippen molar-refractivity contribution in [1.29, 1.82) is 0 Å². The molecule has 0 aliphatic heterocycles. The number of nitrogens with two attached hydrogens (primary N) is 1. The predicted octanol–water partition coefficient (Wildman–Crippen LogP) is 2.22. The van der Waals surface area contributed by atoms with Crippen LogP contribution < -0.4 is 5.73 Å². The van der Waals surface area contributed by atoms with Crippen molar-refractivity contribution in [2.45, 2.75) is 12.1 Å². The van der Waals surface area contributed by atoms with Gasteiger partial charge in [0.2, 0.25) is 0 Å². The lowest BCUT2D eigenvalue weighted by Crippen LogP contribution is -2.50. The van der Waals surface area contributed by atoms with Crippen LogP contribution in [0.25, 0.3) is 0 Å². The molecule has 2 aromatic rings. The van der Waals surface area contributed by atoms with E-state index < -0.39 is 35.8 Å². The lowest BCUT2D eigenvalue weighted by Gasteiger charge is -2.27. The zero-order valence-corrected chi connectivity index (χ0v) is 17.3. The highest BCUT2D eigenvalue weighted by molar-refractivity contribution is 8.76. The Kier molecular flexibility index (Phi) is 8.90. The highest BCUT2D eigenvalue weighted by Crippen LogP contribution is 2.26. The Morgan fingerprint density at radius 3 is 1.60 bits per heavy atom. The van der Waals surface area contributed by atoms with Gasteiger partial charge in [0.1, 0.15) is 12.1 Å². The van der Waals surface area contributed by atoms with Crippen molar-refractivity contribution in [1.82, 2.24) is 4.90 Å². The molecule has 0 aromatic heterocycles. The van der Waals surface area contributed by atoms with Crippen molar-refractivity contribution in [2.75, 3.05) is 11.5 Å². The molecule has 0 aliphatic rings. The van der Waals surface area contributed by atoms with Crippen molar-refractivity contribution >= 4 is 45.3 Å². The second-order valence-electron chi connectivity index (χ2n) is 6.08. The van der Waals surface area contributed by atoms with Gasteiger partial charge in [-0.05, 0) is 24.3 Å². The summed E-state index contributed by atoms with van der Waals surface area (Å²) in [6, 6.07) is 13.3. The molecule has 0 spiro atoms. The van der Waals surface area contributed by atoms with Gasteiger partial charge in [0.25, 0.3) is 11.8 Å². The van der Waals surface area contributed by atoms with E-state index in [0.717, 1.165) is 26.5 Å². The molecule has 0 bridgehead atoms.